The van der Waals surface area contributed by atoms with Gasteiger partial charge in [-0.25, -0.2) is 4.79 Å². The number of ether oxygens (including phenoxy) is 1. The monoisotopic (exact) mass is 407 g/mol. The van der Waals surface area contributed by atoms with Crippen LogP contribution in [-0.2, 0) is 16.1 Å². The Morgan fingerprint density at radius 3 is 2.81 bits per heavy atom. The fourth-order valence-electron chi connectivity index (χ4n) is 2.22. The molecule has 1 unspecified atom stereocenters. The van der Waals surface area contributed by atoms with Crippen molar-refractivity contribution in [3.05, 3.63) is 70.4 Å². The number of nitrogens with one attached hydrogen (secondary N) is 1. The number of benzene rings is 1. The highest BCUT2D eigenvalue weighted by atomic mass is 35.5. The molecule has 27 heavy (non-hydrogen) atoms. The SMILES string of the molecule is CC(OC(=O)c1ccc(Cn2cccn2)o1)C(=O)Nc1ccc(Cl)cc1Cl. The first-order chi connectivity index (χ1) is 12.9. The van der Waals surface area contributed by atoms with Gasteiger partial charge in [0.05, 0.1) is 17.3 Å². The van der Waals surface area contributed by atoms with Crippen LogP contribution in [0.5, 0.6) is 0 Å². The molecule has 0 aliphatic heterocycles. The fraction of sp³-hybridized carbons (Fsp3) is 0.167. The molecule has 1 amide bonds. The van der Waals surface area contributed by atoms with E-state index < -0.39 is 18.0 Å². The second kappa shape index (κ2) is 8.28. The largest absolute Gasteiger partial charge is 0.452 e. The number of amides is 1. The quantitative estimate of drug-likeness (QED) is 0.623. The molecule has 0 spiro atoms. The Morgan fingerprint density at radius 2 is 2.11 bits per heavy atom. The van der Waals surface area contributed by atoms with E-state index >= 15 is 0 Å². The minimum Gasteiger partial charge on any atom is -0.452 e. The first-order valence-electron chi connectivity index (χ1n) is 7.95. The normalized spacial score (nSPS) is 11.8. The smallest absolute Gasteiger partial charge is 0.375 e. The van der Waals surface area contributed by atoms with E-state index in [4.69, 9.17) is 32.4 Å². The lowest BCUT2D eigenvalue weighted by Gasteiger charge is -2.13. The van der Waals surface area contributed by atoms with Gasteiger partial charge >= 0.3 is 5.97 Å². The van der Waals surface area contributed by atoms with Crippen LogP contribution in [0.4, 0.5) is 5.69 Å². The number of esters is 1. The molecule has 3 rings (SSSR count). The number of nitrogens with zero attached hydrogens (tertiary/aromatic N) is 2. The van der Waals surface area contributed by atoms with Crippen LogP contribution in [0, 0.1) is 0 Å². The summed E-state index contributed by atoms with van der Waals surface area (Å²) in [6.45, 7) is 1.83. The van der Waals surface area contributed by atoms with Gasteiger partial charge in [0.15, 0.2) is 6.10 Å². The summed E-state index contributed by atoms with van der Waals surface area (Å²) in [6.07, 6.45) is 2.36. The lowest BCUT2D eigenvalue weighted by Crippen LogP contribution is -2.30. The number of aromatic nitrogens is 2. The molecule has 7 nitrogen and oxygen atoms in total. The lowest BCUT2D eigenvalue weighted by molar-refractivity contribution is -0.123. The summed E-state index contributed by atoms with van der Waals surface area (Å²) in [7, 11) is 0. The minimum atomic E-state index is -1.05. The van der Waals surface area contributed by atoms with E-state index in [-0.39, 0.29) is 10.8 Å². The number of hydrogen-bond donors (Lipinski definition) is 1. The van der Waals surface area contributed by atoms with Crippen LogP contribution in [-0.4, -0.2) is 27.8 Å². The van der Waals surface area contributed by atoms with Gasteiger partial charge in [0.1, 0.15) is 5.76 Å². The lowest BCUT2D eigenvalue weighted by atomic mass is 10.3. The minimum absolute atomic E-state index is 0.00123. The maximum Gasteiger partial charge on any atom is 0.375 e. The highest BCUT2D eigenvalue weighted by molar-refractivity contribution is 6.36. The molecule has 1 atom stereocenters. The second-order valence-corrected chi connectivity index (χ2v) is 6.47. The molecular formula is C18H15Cl2N3O4. The van der Waals surface area contributed by atoms with Gasteiger partial charge in [-0.05, 0) is 43.3 Å². The number of hydrogen-bond acceptors (Lipinski definition) is 5. The van der Waals surface area contributed by atoms with E-state index in [0.717, 1.165) is 0 Å². The molecule has 3 aromatic rings. The van der Waals surface area contributed by atoms with Crippen LogP contribution >= 0.6 is 23.2 Å². The maximum atomic E-state index is 12.2. The van der Waals surface area contributed by atoms with Crippen molar-refractivity contribution >= 4 is 40.8 Å². The molecule has 140 valence electrons. The Hall–Kier alpha value is -2.77. The van der Waals surface area contributed by atoms with Gasteiger partial charge in [-0.3, -0.25) is 9.48 Å². The second-order valence-electron chi connectivity index (χ2n) is 5.63. The fourth-order valence-corrected chi connectivity index (χ4v) is 2.68. The molecule has 0 fully saturated rings. The van der Waals surface area contributed by atoms with Crippen molar-refractivity contribution in [2.45, 2.75) is 19.6 Å². The Labute approximate surface area is 164 Å². The summed E-state index contributed by atoms with van der Waals surface area (Å²) in [5.41, 5.74) is 0.369. The van der Waals surface area contributed by atoms with Gasteiger partial charge < -0.3 is 14.5 Å². The summed E-state index contributed by atoms with van der Waals surface area (Å²) in [6, 6.07) is 9.57. The first kappa shape index (κ1) is 19.0. The van der Waals surface area contributed by atoms with Crippen molar-refractivity contribution in [3.8, 4) is 0 Å². The average molecular weight is 408 g/mol. The van der Waals surface area contributed by atoms with Crippen molar-refractivity contribution < 1.29 is 18.7 Å². The molecule has 0 aliphatic carbocycles. The topological polar surface area (TPSA) is 86.4 Å². The van der Waals surface area contributed by atoms with Gasteiger partial charge in [-0.1, -0.05) is 23.2 Å². The molecule has 0 saturated carbocycles. The van der Waals surface area contributed by atoms with Crippen molar-refractivity contribution in [1.82, 2.24) is 9.78 Å². The van der Waals surface area contributed by atoms with Gasteiger partial charge in [-0.15, -0.1) is 0 Å². The Morgan fingerprint density at radius 1 is 1.30 bits per heavy atom. The Kier molecular flexibility index (Phi) is 5.83. The van der Waals surface area contributed by atoms with Crippen molar-refractivity contribution in [3.63, 3.8) is 0 Å². The summed E-state index contributed by atoms with van der Waals surface area (Å²) in [4.78, 5) is 24.4. The number of furan rings is 1. The standard InChI is InChI=1S/C18H15Cl2N3O4/c1-11(17(24)22-15-5-3-12(19)9-14(15)20)26-18(25)16-6-4-13(27-16)10-23-8-2-7-21-23/h2-9,11H,10H2,1H3,(H,22,24). The zero-order valence-corrected chi connectivity index (χ0v) is 15.7. The van der Waals surface area contributed by atoms with Crippen molar-refractivity contribution in [1.29, 1.82) is 0 Å². The predicted octanol–water partition coefficient (Wildman–Crippen LogP) is 4.02. The van der Waals surface area contributed by atoms with E-state index in [9.17, 15) is 9.59 Å². The van der Waals surface area contributed by atoms with Crippen LogP contribution in [0.25, 0.3) is 0 Å². The number of carbonyl (C=O) groups is 2. The molecule has 0 aliphatic rings. The molecule has 1 N–H and O–H groups in total. The molecule has 2 aromatic heterocycles. The first-order valence-corrected chi connectivity index (χ1v) is 8.71. The Balaban J connectivity index is 1.58. The Bertz CT molecular complexity index is 953. The molecule has 0 bridgehead atoms. The van der Waals surface area contributed by atoms with Gasteiger partial charge in [-0.2, -0.15) is 5.10 Å². The number of anilines is 1. The van der Waals surface area contributed by atoms with Crippen LogP contribution in [0.1, 0.15) is 23.2 Å². The zero-order valence-electron chi connectivity index (χ0n) is 14.2. The third-order valence-corrected chi connectivity index (χ3v) is 4.13. The van der Waals surface area contributed by atoms with Crippen LogP contribution in [0.15, 0.2) is 53.2 Å². The molecular weight excluding hydrogens is 393 g/mol. The predicted molar refractivity (Wildman–Crippen MR) is 100 cm³/mol. The average Bonchev–Trinajstić information content (AvgIpc) is 3.29. The van der Waals surface area contributed by atoms with E-state index in [1.807, 2.05) is 0 Å². The van der Waals surface area contributed by atoms with Crippen LogP contribution in [0.2, 0.25) is 10.0 Å². The summed E-state index contributed by atoms with van der Waals surface area (Å²) in [5.74, 6) is -0.737. The van der Waals surface area contributed by atoms with Crippen LogP contribution < -0.4 is 5.32 Å². The van der Waals surface area contributed by atoms with E-state index in [2.05, 4.69) is 10.4 Å². The van der Waals surface area contributed by atoms with Crippen molar-refractivity contribution in [2.24, 2.45) is 0 Å². The highest BCUT2D eigenvalue weighted by Gasteiger charge is 2.22. The van der Waals surface area contributed by atoms with Gasteiger partial charge in [0, 0.05) is 17.4 Å². The molecule has 1 aromatic carbocycles. The molecule has 2 heterocycles. The summed E-state index contributed by atoms with van der Waals surface area (Å²) < 4.78 is 12.2. The summed E-state index contributed by atoms with van der Waals surface area (Å²) in [5, 5.41) is 7.36. The number of halogens is 2. The summed E-state index contributed by atoms with van der Waals surface area (Å²) >= 11 is 11.8. The van der Waals surface area contributed by atoms with E-state index in [0.29, 0.717) is 23.0 Å². The number of rotatable bonds is 6. The van der Waals surface area contributed by atoms with Crippen LogP contribution in [0.3, 0.4) is 0 Å². The number of carbonyl (C=O) groups excluding carboxylic acids is 2. The third-order valence-electron chi connectivity index (χ3n) is 3.58. The van der Waals surface area contributed by atoms with E-state index in [1.54, 1.807) is 41.3 Å². The van der Waals surface area contributed by atoms with E-state index in [1.165, 1.54) is 19.1 Å². The molecule has 9 heteroatoms. The maximum absolute atomic E-state index is 12.2. The van der Waals surface area contributed by atoms with Gasteiger partial charge in [0.2, 0.25) is 5.76 Å². The molecule has 0 saturated heterocycles. The highest BCUT2D eigenvalue weighted by Crippen LogP contribution is 2.25. The van der Waals surface area contributed by atoms with Crippen molar-refractivity contribution in [2.75, 3.05) is 5.32 Å². The van der Waals surface area contributed by atoms with Gasteiger partial charge in [0.25, 0.3) is 5.91 Å². The zero-order chi connectivity index (χ0) is 19.4. The molecule has 0 radical (unpaired) electrons. The third kappa shape index (κ3) is 4.90.